The topological polar surface area (TPSA) is 108 Å². The maximum atomic E-state index is 13.1. The van der Waals surface area contributed by atoms with Crippen LogP contribution in [-0.4, -0.2) is 46.1 Å². The number of benzene rings is 1. The van der Waals surface area contributed by atoms with E-state index in [0.717, 1.165) is 6.07 Å². The van der Waals surface area contributed by atoms with Crippen LogP contribution in [0.4, 0.5) is 13.2 Å². The molecule has 0 saturated carbocycles. The highest BCUT2D eigenvalue weighted by Gasteiger charge is 2.33. The van der Waals surface area contributed by atoms with Gasteiger partial charge in [0.2, 0.25) is 5.91 Å². The fourth-order valence-corrected chi connectivity index (χ4v) is 3.18. The molecule has 6 nitrogen and oxygen atoms in total. The van der Waals surface area contributed by atoms with E-state index in [1.54, 1.807) is 0 Å². The molecule has 0 bridgehead atoms. The third kappa shape index (κ3) is 5.16. The predicted octanol–water partition coefficient (Wildman–Crippen LogP) is 2.38. The van der Waals surface area contributed by atoms with Crippen LogP contribution in [0.15, 0.2) is 24.4 Å². The van der Waals surface area contributed by atoms with Crippen LogP contribution in [0.2, 0.25) is 0 Å². The van der Waals surface area contributed by atoms with Crippen molar-refractivity contribution < 1.29 is 27.9 Å². The molecule has 0 radical (unpaired) electrons. The molecule has 1 heterocycles. The highest BCUT2D eigenvalue weighted by atomic mass is 32.2. The zero-order chi connectivity index (χ0) is 20.2. The van der Waals surface area contributed by atoms with Gasteiger partial charge in [-0.1, -0.05) is 12.1 Å². The van der Waals surface area contributed by atoms with E-state index in [-0.39, 0.29) is 17.3 Å². The number of nitrogens with two attached hydrogens (primary N) is 1. The standard InChI is InChI=1S/C17H20F3N3O3S/c1-27-6-5-12(21)15(24)23-13(16(25)26)7-9-8-22-14-10(9)3-2-4-11(14)17(18,19)20/h2-4,8,12-13,22H,5-7,21H2,1H3,(H,23,24)(H,25,26)/t12-,13-/m0/s1. The first-order chi connectivity index (χ1) is 12.6. The average Bonchev–Trinajstić information content (AvgIpc) is 3.00. The summed E-state index contributed by atoms with van der Waals surface area (Å²) in [6, 6.07) is 1.53. The van der Waals surface area contributed by atoms with Crippen LogP contribution in [-0.2, 0) is 22.2 Å². The maximum absolute atomic E-state index is 13.1. The highest BCUT2D eigenvalue weighted by Crippen LogP contribution is 2.35. The van der Waals surface area contributed by atoms with E-state index in [4.69, 9.17) is 5.73 Å². The first-order valence-electron chi connectivity index (χ1n) is 8.09. The fraction of sp³-hybridized carbons (Fsp3) is 0.412. The Balaban J connectivity index is 2.22. The van der Waals surface area contributed by atoms with Gasteiger partial charge in [0.25, 0.3) is 0 Å². The monoisotopic (exact) mass is 403 g/mol. The number of carboxylic acids is 1. The third-order valence-electron chi connectivity index (χ3n) is 4.11. The molecule has 0 unspecified atom stereocenters. The number of alkyl halides is 3. The average molecular weight is 403 g/mol. The zero-order valence-electron chi connectivity index (χ0n) is 14.5. The van der Waals surface area contributed by atoms with Crippen molar-refractivity contribution in [1.82, 2.24) is 10.3 Å². The molecule has 0 aliphatic heterocycles. The van der Waals surface area contributed by atoms with Crippen molar-refractivity contribution in [2.24, 2.45) is 5.73 Å². The van der Waals surface area contributed by atoms with E-state index in [1.165, 1.54) is 30.1 Å². The number of amides is 1. The van der Waals surface area contributed by atoms with Crippen LogP contribution >= 0.6 is 11.8 Å². The summed E-state index contributed by atoms with van der Waals surface area (Å²) in [6.07, 6.45) is -1.13. The minimum Gasteiger partial charge on any atom is -0.480 e. The molecule has 1 aromatic carbocycles. The molecule has 1 amide bonds. The number of halogens is 3. The van der Waals surface area contributed by atoms with Crippen molar-refractivity contribution >= 4 is 34.5 Å². The quantitative estimate of drug-likeness (QED) is 0.541. The number of carbonyl (C=O) groups is 2. The van der Waals surface area contributed by atoms with Gasteiger partial charge in [0.05, 0.1) is 17.1 Å². The van der Waals surface area contributed by atoms with Crippen molar-refractivity contribution in [3.8, 4) is 0 Å². The van der Waals surface area contributed by atoms with Gasteiger partial charge in [-0.05, 0) is 30.1 Å². The summed E-state index contributed by atoms with van der Waals surface area (Å²) < 4.78 is 39.3. The molecule has 10 heteroatoms. The highest BCUT2D eigenvalue weighted by molar-refractivity contribution is 7.98. The van der Waals surface area contributed by atoms with Crippen molar-refractivity contribution in [2.45, 2.75) is 31.1 Å². The van der Waals surface area contributed by atoms with E-state index >= 15 is 0 Å². The summed E-state index contributed by atoms with van der Waals surface area (Å²) in [5.41, 5.74) is 5.15. The second-order valence-electron chi connectivity index (χ2n) is 6.03. The van der Waals surface area contributed by atoms with Crippen LogP contribution in [0.3, 0.4) is 0 Å². The lowest BCUT2D eigenvalue weighted by atomic mass is 10.0. The smallest absolute Gasteiger partial charge is 0.418 e. The van der Waals surface area contributed by atoms with Gasteiger partial charge >= 0.3 is 12.1 Å². The molecule has 27 heavy (non-hydrogen) atoms. The molecular weight excluding hydrogens is 383 g/mol. The normalized spacial score (nSPS) is 14.1. The number of carboxylic acid groups (broad SMARTS) is 1. The van der Waals surface area contributed by atoms with E-state index in [2.05, 4.69) is 10.3 Å². The number of nitrogens with one attached hydrogen (secondary N) is 2. The number of fused-ring (bicyclic) bond motifs is 1. The van der Waals surface area contributed by atoms with Crippen LogP contribution in [0.25, 0.3) is 10.9 Å². The summed E-state index contributed by atoms with van der Waals surface area (Å²) in [5, 5.41) is 12.0. The lowest BCUT2D eigenvalue weighted by Gasteiger charge is -2.17. The number of rotatable bonds is 8. The zero-order valence-corrected chi connectivity index (χ0v) is 15.3. The van der Waals surface area contributed by atoms with Crippen molar-refractivity contribution in [2.75, 3.05) is 12.0 Å². The molecule has 0 aliphatic carbocycles. The number of hydrogen-bond acceptors (Lipinski definition) is 4. The largest absolute Gasteiger partial charge is 0.480 e. The van der Waals surface area contributed by atoms with Crippen molar-refractivity contribution in [1.29, 1.82) is 0 Å². The van der Waals surface area contributed by atoms with Crippen LogP contribution in [0.1, 0.15) is 17.5 Å². The molecule has 0 aliphatic rings. The number of carbonyl (C=O) groups excluding carboxylic acids is 1. The van der Waals surface area contributed by atoms with Gasteiger partial charge < -0.3 is 21.1 Å². The Kier molecular flexibility index (Phi) is 6.77. The molecule has 0 spiro atoms. The second-order valence-corrected chi connectivity index (χ2v) is 7.02. The van der Waals surface area contributed by atoms with E-state index < -0.39 is 35.7 Å². The van der Waals surface area contributed by atoms with Crippen molar-refractivity contribution in [3.05, 3.63) is 35.5 Å². The lowest BCUT2D eigenvalue weighted by Crippen LogP contribution is -2.49. The lowest BCUT2D eigenvalue weighted by molar-refractivity contribution is -0.142. The molecule has 2 rings (SSSR count). The first-order valence-corrected chi connectivity index (χ1v) is 9.48. The molecule has 0 saturated heterocycles. The minimum absolute atomic E-state index is 0.118. The first kappa shape index (κ1) is 21.1. The number of aromatic nitrogens is 1. The number of hydrogen-bond donors (Lipinski definition) is 4. The Hall–Kier alpha value is -2.20. The third-order valence-corrected chi connectivity index (χ3v) is 4.76. The van der Waals surface area contributed by atoms with E-state index in [0.29, 0.717) is 17.7 Å². The summed E-state index contributed by atoms with van der Waals surface area (Å²) in [7, 11) is 0. The van der Waals surface area contributed by atoms with Gasteiger partial charge in [0, 0.05) is 18.0 Å². The number of aliphatic carboxylic acids is 1. The van der Waals surface area contributed by atoms with E-state index in [9.17, 15) is 27.9 Å². The Bertz CT molecular complexity index is 823. The van der Waals surface area contributed by atoms with Gasteiger partial charge in [-0.25, -0.2) is 4.79 Å². The maximum Gasteiger partial charge on any atom is 0.418 e. The molecule has 5 N–H and O–H groups in total. The number of thioether (sulfide) groups is 1. The summed E-state index contributed by atoms with van der Waals surface area (Å²) in [4.78, 5) is 26.1. The van der Waals surface area contributed by atoms with Crippen LogP contribution in [0.5, 0.6) is 0 Å². The minimum atomic E-state index is -4.54. The van der Waals surface area contributed by atoms with Gasteiger partial charge in [-0.2, -0.15) is 24.9 Å². The van der Waals surface area contributed by atoms with E-state index in [1.807, 2.05) is 6.26 Å². The molecule has 148 valence electrons. The Morgan fingerprint density at radius 2 is 2.07 bits per heavy atom. The SMILES string of the molecule is CSCC[C@H](N)C(=O)N[C@@H](Cc1c[nH]c2c(C(F)(F)F)cccc12)C(=O)O. The number of aromatic amines is 1. The Morgan fingerprint density at radius 3 is 2.67 bits per heavy atom. The second kappa shape index (κ2) is 8.66. The molecule has 0 fully saturated rings. The molecular formula is C17H20F3N3O3S. The summed E-state index contributed by atoms with van der Waals surface area (Å²) >= 11 is 1.51. The number of H-pyrrole nitrogens is 1. The van der Waals surface area contributed by atoms with Gasteiger partial charge in [-0.3, -0.25) is 4.79 Å². The molecule has 2 aromatic rings. The van der Waals surface area contributed by atoms with Gasteiger partial charge in [0.1, 0.15) is 6.04 Å². The Labute approximate surface area is 157 Å². The number of para-hydroxylation sites is 1. The van der Waals surface area contributed by atoms with Gasteiger partial charge in [-0.15, -0.1) is 0 Å². The van der Waals surface area contributed by atoms with Gasteiger partial charge in [0.15, 0.2) is 0 Å². The predicted molar refractivity (Wildman–Crippen MR) is 97.5 cm³/mol. The molecule has 2 atom stereocenters. The fourth-order valence-electron chi connectivity index (χ4n) is 2.69. The van der Waals surface area contributed by atoms with Crippen LogP contribution < -0.4 is 11.1 Å². The summed E-state index contributed by atoms with van der Waals surface area (Å²) in [5.74, 6) is -1.25. The Morgan fingerprint density at radius 1 is 1.37 bits per heavy atom. The summed E-state index contributed by atoms with van der Waals surface area (Å²) in [6.45, 7) is 0. The van der Waals surface area contributed by atoms with Crippen LogP contribution in [0, 0.1) is 0 Å². The molecule has 1 aromatic heterocycles. The van der Waals surface area contributed by atoms with Crippen molar-refractivity contribution in [3.63, 3.8) is 0 Å².